The van der Waals surface area contributed by atoms with E-state index in [-0.39, 0.29) is 19.3 Å². The molecule has 2 atom stereocenters. The average molecular weight is 735 g/mol. The molecule has 0 aliphatic rings. The van der Waals surface area contributed by atoms with Crippen LogP contribution >= 0.6 is 0 Å². The van der Waals surface area contributed by atoms with Gasteiger partial charge in [0, 0.05) is 12.8 Å². The van der Waals surface area contributed by atoms with E-state index in [1.165, 1.54) is 77.0 Å². The van der Waals surface area contributed by atoms with Gasteiger partial charge in [0.05, 0.1) is 6.61 Å². The Balaban J connectivity index is 4.76. The molecule has 0 unspecified atom stereocenters. The predicted octanol–water partition coefficient (Wildman–Crippen LogP) is 9.90. The molecule has 8 heteroatoms. The van der Waals surface area contributed by atoms with Crippen LogP contribution in [0.25, 0.3) is 0 Å². The molecule has 0 aliphatic heterocycles. The number of hydrogen-bond acceptors (Lipinski definition) is 8. The predicted molar refractivity (Wildman–Crippen MR) is 217 cm³/mol. The monoisotopic (exact) mass is 735 g/mol. The van der Waals surface area contributed by atoms with Crippen LogP contribution in [-0.4, -0.2) is 58.6 Å². The molecule has 0 heterocycles. The van der Waals surface area contributed by atoms with Crippen LogP contribution in [0.1, 0.15) is 206 Å². The van der Waals surface area contributed by atoms with Gasteiger partial charge in [-0.25, -0.2) is 0 Å². The van der Waals surface area contributed by atoms with Gasteiger partial charge in [-0.15, -0.1) is 0 Å². The van der Waals surface area contributed by atoms with Crippen molar-refractivity contribution in [3.8, 4) is 0 Å². The Morgan fingerprint density at radius 3 is 1.27 bits per heavy atom. The quantitative estimate of drug-likeness (QED) is 0.0211. The summed E-state index contributed by atoms with van der Waals surface area (Å²) in [7, 11) is 0. The topological polar surface area (TPSA) is 153 Å². The number of carbonyl (C=O) groups excluding carboxylic acids is 3. The standard InChI is InChI=1S/C44H82N2O6/c1-3-5-7-9-11-13-15-17-19-21-23-25-27-29-31-35-40(48)44(51,42(38-47)52-43(50)39(46)34-33-37-45)41(49)36-32-30-28-26-24-22-20-18-16-14-12-10-8-6-4-2/h17-20,39,42,47,51H,3-16,21-38,45-46H2,1-2H3/b19-17-,20-18-/t39-,42-/m0/s1. The van der Waals surface area contributed by atoms with Gasteiger partial charge in [0.15, 0.2) is 17.7 Å². The van der Waals surface area contributed by atoms with Gasteiger partial charge in [0.2, 0.25) is 5.60 Å². The van der Waals surface area contributed by atoms with Crippen LogP contribution in [0.15, 0.2) is 24.3 Å². The zero-order chi connectivity index (χ0) is 38.5. The zero-order valence-corrected chi connectivity index (χ0v) is 33.8. The van der Waals surface area contributed by atoms with E-state index < -0.39 is 41.9 Å². The van der Waals surface area contributed by atoms with Crippen molar-refractivity contribution in [2.24, 2.45) is 11.5 Å². The van der Waals surface area contributed by atoms with E-state index in [0.717, 1.165) is 77.0 Å². The number of Topliss-reactive ketones (excluding diaryl/α,β-unsaturated/α-hetero) is 2. The highest BCUT2D eigenvalue weighted by Crippen LogP contribution is 2.25. The summed E-state index contributed by atoms with van der Waals surface area (Å²) in [6.45, 7) is 3.97. The molecule has 0 saturated heterocycles. The maximum atomic E-state index is 13.5. The lowest BCUT2D eigenvalue weighted by atomic mass is 9.82. The van der Waals surface area contributed by atoms with Crippen LogP contribution in [0.5, 0.6) is 0 Å². The molecule has 8 nitrogen and oxygen atoms in total. The third kappa shape index (κ3) is 26.0. The average Bonchev–Trinajstić information content (AvgIpc) is 3.15. The zero-order valence-electron chi connectivity index (χ0n) is 33.8. The number of rotatable bonds is 39. The highest BCUT2D eigenvalue weighted by Gasteiger charge is 2.51. The molecule has 0 aromatic carbocycles. The number of esters is 1. The van der Waals surface area contributed by atoms with E-state index >= 15 is 0 Å². The molecule has 0 radical (unpaired) electrons. The molecular weight excluding hydrogens is 652 g/mol. The van der Waals surface area contributed by atoms with Gasteiger partial charge in [0.25, 0.3) is 0 Å². The lowest BCUT2D eigenvalue weighted by molar-refractivity contribution is -0.181. The Hall–Kier alpha value is -1.87. The number of ketones is 2. The third-order valence-corrected chi connectivity index (χ3v) is 10.1. The molecule has 304 valence electrons. The number of unbranched alkanes of at least 4 members (excludes halogenated alkanes) is 22. The van der Waals surface area contributed by atoms with Crippen LogP contribution in [0.3, 0.4) is 0 Å². The largest absolute Gasteiger partial charge is 0.455 e. The fourth-order valence-corrected chi connectivity index (χ4v) is 6.55. The summed E-state index contributed by atoms with van der Waals surface area (Å²) >= 11 is 0. The molecule has 0 aliphatic carbocycles. The van der Waals surface area contributed by atoms with E-state index in [1.807, 2.05) is 0 Å². The first-order valence-corrected chi connectivity index (χ1v) is 21.6. The van der Waals surface area contributed by atoms with Crippen LogP contribution < -0.4 is 11.5 Å². The molecule has 52 heavy (non-hydrogen) atoms. The van der Waals surface area contributed by atoms with Crippen molar-refractivity contribution in [1.82, 2.24) is 0 Å². The smallest absolute Gasteiger partial charge is 0.323 e. The normalized spacial score (nSPS) is 13.3. The number of carbonyl (C=O) groups is 3. The number of aliphatic hydroxyl groups is 2. The van der Waals surface area contributed by atoms with Gasteiger partial charge in [-0.1, -0.05) is 141 Å². The maximum absolute atomic E-state index is 13.5. The molecule has 0 aromatic heterocycles. The summed E-state index contributed by atoms with van der Waals surface area (Å²) < 4.78 is 5.36. The second-order valence-corrected chi connectivity index (χ2v) is 14.9. The highest BCUT2D eigenvalue weighted by molar-refractivity contribution is 6.11. The minimum Gasteiger partial charge on any atom is -0.455 e. The van der Waals surface area contributed by atoms with Gasteiger partial charge in [-0.3, -0.25) is 14.4 Å². The molecular formula is C44H82N2O6. The van der Waals surface area contributed by atoms with Crippen molar-refractivity contribution >= 4 is 17.5 Å². The molecule has 0 aromatic rings. The summed E-state index contributed by atoms with van der Waals surface area (Å²) in [6, 6.07) is -1.03. The highest BCUT2D eigenvalue weighted by atomic mass is 16.6. The van der Waals surface area contributed by atoms with E-state index in [2.05, 4.69) is 38.2 Å². The lowest BCUT2D eigenvalue weighted by Crippen LogP contribution is -2.59. The van der Waals surface area contributed by atoms with Gasteiger partial charge >= 0.3 is 5.97 Å². The maximum Gasteiger partial charge on any atom is 0.323 e. The van der Waals surface area contributed by atoms with Gasteiger partial charge < -0.3 is 26.4 Å². The fourth-order valence-electron chi connectivity index (χ4n) is 6.55. The Labute approximate surface area is 319 Å². The Morgan fingerprint density at radius 1 is 0.577 bits per heavy atom. The van der Waals surface area contributed by atoms with Crippen molar-refractivity contribution in [3.05, 3.63) is 24.3 Å². The number of aliphatic hydroxyl groups excluding tert-OH is 1. The lowest BCUT2D eigenvalue weighted by Gasteiger charge is -2.33. The summed E-state index contributed by atoms with van der Waals surface area (Å²) in [4.78, 5) is 39.7. The van der Waals surface area contributed by atoms with Crippen molar-refractivity contribution in [1.29, 1.82) is 0 Å². The van der Waals surface area contributed by atoms with Crippen LogP contribution in [0, 0.1) is 0 Å². The summed E-state index contributed by atoms with van der Waals surface area (Å²) in [6.07, 6.45) is 37.1. The van der Waals surface area contributed by atoms with Crippen LogP contribution in [-0.2, 0) is 19.1 Å². The molecule has 0 fully saturated rings. The van der Waals surface area contributed by atoms with Crippen molar-refractivity contribution in [2.75, 3.05) is 13.2 Å². The van der Waals surface area contributed by atoms with Gasteiger partial charge in [-0.2, -0.15) is 0 Å². The third-order valence-electron chi connectivity index (χ3n) is 10.1. The van der Waals surface area contributed by atoms with E-state index in [1.54, 1.807) is 0 Å². The first-order valence-electron chi connectivity index (χ1n) is 21.6. The Morgan fingerprint density at radius 2 is 0.923 bits per heavy atom. The van der Waals surface area contributed by atoms with Gasteiger partial charge in [-0.05, 0) is 83.6 Å². The van der Waals surface area contributed by atoms with Crippen molar-refractivity contribution < 1.29 is 29.3 Å². The Kier molecular flexibility index (Phi) is 34.8. The second-order valence-electron chi connectivity index (χ2n) is 14.9. The first kappa shape index (κ1) is 50.1. The number of ether oxygens (including phenoxy) is 1. The fraction of sp³-hybridized carbons (Fsp3) is 0.841. The number of nitrogens with two attached hydrogens (primary N) is 2. The molecule has 6 N–H and O–H groups in total. The first-order chi connectivity index (χ1) is 25.3. The van der Waals surface area contributed by atoms with E-state index in [4.69, 9.17) is 16.2 Å². The van der Waals surface area contributed by atoms with E-state index in [0.29, 0.717) is 25.8 Å². The second kappa shape index (κ2) is 36.1. The molecule has 0 rings (SSSR count). The van der Waals surface area contributed by atoms with E-state index in [9.17, 15) is 24.6 Å². The minimum absolute atomic E-state index is 0.0277. The molecule has 0 bridgehead atoms. The summed E-state index contributed by atoms with van der Waals surface area (Å²) in [5, 5.41) is 21.8. The number of hydrogen-bond donors (Lipinski definition) is 4. The molecule has 0 spiro atoms. The van der Waals surface area contributed by atoms with Crippen molar-refractivity contribution in [2.45, 2.75) is 224 Å². The minimum atomic E-state index is -2.60. The molecule has 0 amide bonds. The number of allylic oxidation sites excluding steroid dienone is 4. The van der Waals surface area contributed by atoms with Crippen LogP contribution in [0.2, 0.25) is 0 Å². The molecule has 0 saturated carbocycles. The van der Waals surface area contributed by atoms with Crippen molar-refractivity contribution in [3.63, 3.8) is 0 Å². The summed E-state index contributed by atoms with van der Waals surface area (Å²) in [5.41, 5.74) is 8.86. The van der Waals surface area contributed by atoms with Gasteiger partial charge in [0.1, 0.15) is 6.04 Å². The van der Waals surface area contributed by atoms with Crippen LogP contribution in [0.4, 0.5) is 0 Å². The Bertz CT molecular complexity index is 868. The summed E-state index contributed by atoms with van der Waals surface area (Å²) in [5.74, 6) is -2.27. The SMILES string of the molecule is CCCCCCCC/C=C\CCCCCCCC(=O)C(O)(C(=O)CCCCCCC/C=C\CCCCCCCC)[C@H](CO)OC(=O)[C@@H](N)CCCN.